The van der Waals surface area contributed by atoms with Crippen LogP contribution in [0, 0.1) is 10.8 Å². The molecule has 0 spiro atoms. The van der Waals surface area contributed by atoms with Crippen molar-refractivity contribution >= 4 is 5.78 Å². The van der Waals surface area contributed by atoms with Crippen molar-refractivity contribution in [2.75, 3.05) is 0 Å². The third-order valence-electron chi connectivity index (χ3n) is 2.89. The topological polar surface area (TPSA) is 82.1 Å². The molecule has 0 aromatic heterocycles. The number of allylic oxidation sites excluding steroid dienone is 2. The summed E-state index contributed by atoms with van der Waals surface area (Å²) in [6.45, 7) is 15.0. The average molecular weight is 351 g/mol. The third kappa shape index (κ3) is 14.8. The Morgan fingerprint density at radius 1 is 1.05 bits per heavy atom. The molecule has 5 heteroatoms. The number of carbonyl (C=O) groups excluding carboxylic acids is 1. The first kappa shape index (κ1) is 26.7. The van der Waals surface area contributed by atoms with Crippen molar-refractivity contribution < 1.29 is 41.8 Å². The summed E-state index contributed by atoms with van der Waals surface area (Å²) >= 11 is 0. The number of rotatable bonds is 4. The van der Waals surface area contributed by atoms with Gasteiger partial charge in [-0.15, -0.1) is 0 Å². The zero-order chi connectivity index (χ0) is 17.4. The Balaban J connectivity index is -0.000000348. The van der Waals surface area contributed by atoms with Gasteiger partial charge >= 0.3 is 5.78 Å². The van der Waals surface area contributed by atoms with Crippen molar-refractivity contribution in [1.82, 2.24) is 0 Å². The van der Waals surface area contributed by atoms with E-state index in [4.69, 9.17) is 10.2 Å². The molecule has 2 unspecified atom stereocenters. The van der Waals surface area contributed by atoms with Crippen LogP contribution in [0.15, 0.2) is 11.8 Å². The zero-order valence-electron chi connectivity index (χ0n) is 15.4. The van der Waals surface area contributed by atoms with Crippen LogP contribution in [-0.2, 0) is 21.7 Å². The van der Waals surface area contributed by atoms with Crippen LogP contribution in [0.1, 0.15) is 68.2 Å². The van der Waals surface area contributed by atoms with E-state index in [0.29, 0.717) is 6.42 Å². The van der Waals surface area contributed by atoms with Gasteiger partial charge in [0.25, 0.3) is 0 Å². The van der Waals surface area contributed by atoms with Gasteiger partial charge in [-0.05, 0) is 40.5 Å². The fourth-order valence-corrected chi connectivity index (χ4v) is 1.12. The SMILES string of the molecule is CC(C)(C)C(=[OH+])/C=C(\O)C(C)(C)C.CCC(O)CC(C)O.[Ti]. The Morgan fingerprint density at radius 3 is 1.64 bits per heavy atom. The van der Waals surface area contributed by atoms with Crippen molar-refractivity contribution in [3.63, 3.8) is 0 Å². The summed E-state index contributed by atoms with van der Waals surface area (Å²) in [5.41, 5.74) is -0.613. The summed E-state index contributed by atoms with van der Waals surface area (Å²) in [7, 11) is 0. The van der Waals surface area contributed by atoms with E-state index < -0.39 is 0 Å². The van der Waals surface area contributed by atoms with Gasteiger partial charge in [0.05, 0.1) is 23.7 Å². The minimum atomic E-state index is -0.370. The first-order valence-corrected chi connectivity index (χ1v) is 7.55. The molecule has 4 N–H and O–H groups in total. The fourth-order valence-electron chi connectivity index (χ4n) is 1.12. The Morgan fingerprint density at radius 2 is 1.45 bits per heavy atom. The molecule has 0 saturated heterocycles. The molecule has 0 heterocycles. The van der Waals surface area contributed by atoms with E-state index in [9.17, 15) is 9.90 Å². The minimum Gasteiger partial charge on any atom is -0.511 e. The van der Waals surface area contributed by atoms with Crippen molar-refractivity contribution in [3.05, 3.63) is 11.8 Å². The van der Waals surface area contributed by atoms with Gasteiger partial charge in [-0.1, -0.05) is 27.7 Å². The summed E-state index contributed by atoms with van der Waals surface area (Å²) in [5.74, 6) is 0.417. The molecule has 0 fully saturated rings. The van der Waals surface area contributed by atoms with Crippen LogP contribution < -0.4 is 0 Å². The van der Waals surface area contributed by atoms with Crippen LogP contribution in [-0.4, -0.2) is 38.1 Å². The van der Waals surface area contributed by atoms with Crippen LogP contribution >= 0.6 is 0 Å². The van der Waals surface area contributed by atoms with Crippen molar-refractivity contribution in [1.29, 1.82) is 0 Å². The molecule has 0 radical (unpaired) electrons. The first-order chi connectivity index (χ1) is 9.21. The van der Waals surface area contributed by atoms with E-state index in [1.54, 1.807) is 6.92 Å². The van der Waals surface area contributed by atoms with Crippen LogP contribution in [0.5, 0.6) is 0 Å². The van der Waals surface area contributed by atoms with Gasteiger partial charge in [0.2, 0.25) is 0 Å². The summed E-state index contributed by atoms with van der Waals surface area (Å²) in [6, 6.07) is 0. The molecular formula is C17H35O4Ti+. The Labute approximate surface area is 150 Å². The number of hydrogen-bond donors (Lipinski definition) is 3. The summed E-state index contributed by atoms with van der Waals surface area (Å²) in [4.78, 5) is 9.60. The summed E-state index contributed by atoms with van der Waals surface area (Å²) in [6.07, 6.45) is 1.97. The second-order valence-electron chi connectivity index (χ2n) is 7.56. The molecule has 0 bridgehead atoms. The van der Waals surface area contributed by atoms with Crippen LogP contribution in [0.4, 0.5) is 0 Å². The number of aliphatic hydroxyl groups excluding tert-OH is 3. The van der Waals surface area contributed by atoms with Crippen LogP contribution in [0.2, 0.25) is 0 Å². The molecule has 4 nitrogen and oxygen atoms in total. The Bertz CT molecular complexity index is 336. The van der Waals surface area contributed by atoms with Gasteiger partial charge < -0.3 is 15.3 Å². The summed E-state index contributed by atoms with van der Waals surface area (Å²) < 4.78 is 0. The van der Waals surface area contributed by atoms with E-state index in [-0.39, 0.29) is 56.3 Å². The van der Waals surface area contributed by atoms with E-state index in [0.717, 1.165) is 6.42 Å². The maximum atomic E-state index is 9.60. The molecule has 0 aliphatic carbocycles. The van der Waals surface area contributed by atoms with Crippen LogP contribution in [0.25, 0.3) is 0 Å². The van der Waals surface area contributed by atoms with Gasteiger partial charge in [0.15, 0.2) is 0 Å². The number of aliphatic hydroxyl groups is 3. The molecule has 0 aromatic carbocycles. The average Bonchev–Trinajstić information content (AvgIpc) is 2.26. The zero-order valence-corrected chi connectivity index (χ0v) is 17.0. The minimum absolute atomic E-state index is 0. The van der Waals surface area contributed by atoms with Crippen molar-refractivity contribution in [2.24, 2.45) is 10.8 Å². The van der Waals surface area contributed by atoms with E-state index >= 15 is 0 Å². The Hall–Kier alpha value is -0.156. The molecule has 0 rings (SSSR count). The van der Waals surface area contributed by atoms with Gasteiger partial charge in [0.1, 0.15) is 5.76 Å². The van der Waals surface area contributed by atoms with Gasteiger partial charge in [-0.2, -0.15) is 0 Å². The van der Waals surface area contributed by atoms with E-state index in [1.165, 1.54) is 6.08 Å². The Kier molecular flexibility index (Phi) is 13.8. The molecule has 0 saturated carbocycles. The number of ketones is 1. The predicted octanol–water partition coefficient (Wildman–Crippen LogP) is 3.59. The monoisotopic (exact) mass is 351 g/mol. The quantitative estimate of drug-likeness (QED) is 0.313. The van der Waals surface area contributed by atoms with Crippen molar-refractivity contribution in [2.45, 2.75) is 80.4 Å². The normalized spacial score (nSPS) is 15.1. The molecule has 0 aliphatic heterocycles. The molecule has 2 atom stereocenters. The molecular weight excluding hydrogens is 316 g/mol. The van der Waals surface area contributed by atoms with Gasteiger partial charge in [-0.3, -0.25) is 4.79 Å². The molecule has 22 heavy (non-hydrogen) atoms. The maximum absolute atomic E-state index is 9.60. The van der Waals surface area contributed by atoms with E-state index in [2.05, 4.69) is 0 Å². The molecule has 0 amide bonds. The van der Waals surface area contributed by atoms with Gasteiger partial charge in [-0.25, -0.2) is 0 Å². The molecule has 0 aliphatic rings. The fraction of sp³-hybridized carbons (Fsp3) is 0.824. The largest absolute Gasteiger partial charge is 0.511 e. The van der Waals surface area contributed by atoms with Crippen molar-refractivity contribution in [3.8, 4) is 0 Å². The van der Waals surface area contributed by atoms with E-state index in [1.807, 2.05) is 48.5 Å². The third-order valence-corrected chi connectivity index (χ3v) is 2.89. The predicted molar refractivity (Wildman–Crippen MR) is 89.2 cm³/mol. The second kappa shape index (κ2) is 11.4. The standard InChI is InChI=1S/C11H20O2.C6H14O2.Ti/c1-10(2,3)8(12)7-9(13)11(4,5)6;1-3-6(8)4-5(2)7;/h7,12H,1-6H3;5-8H,3-4H2,1-2H3;/p+1/b8-7-;;. The van der Waals surface area contributed by atoms with Gasteiger partial charge in [0, 0.05) is 27.1 Å². The van der Waals surface area contributed by atoms with Crippen LogP contribution in [0.3, 0.4) is 0 Å². The first-order valence-electron chi connectivity index (χ1n) is 7.55. The maximum Gasteiger partial charge on any atom is 0.325 e. The smallest absolute Gasteiger partial charge is 0.325 e. The molecule has 0 aromatic rings. The number of hydrogen-bond acceptors (Lipinski definition) is 3. The second-order valence-corrected chi connectivity index (χ2v) is 7.56. The summed E-state index contributed by atoms with van der Waals surface area (Å²) in [5, 5.41) is 27.2. The molecule has 130 valence electrons.